The summed E-state index contributed by atoms with van der Waals surface area (Å²) in [4.78, 5) is 20.0. The number of aromatic nitrogens is 4. The van der Waals surface area contributed by atoms with Crippen molar-refractivity contribution >= 4 is 5.97 Å². The lowest BCUT2D eigenvalue weighted by Crippen LogP contribution is -2.04. The van der Waals surface area contributed by atoms with Crippen molar-refractivity contribution in [3.63, 3.8) is 0 Å². The highest BCUT2D eigenvalue weighted by Gasteiger charge is 2.11. The van der Waals surface area contributed by atoms with Crippen LogP contribution in [0.1, 0.15) is 28.8 Å². The summed E-state index contributed by atoms with van der Waals surface area (Å²) in [6.45, 7) is 3.02. The number of hydrogen-bond donors (Lipinski definition) is 0. The van der Waals surface area contributed by atoms with Crippen molar-refractivity contribution in [3.8, 4) is 5.69 Å². The van der Waals surface area contributed by atoms with Crippen molar-refractivity contribution < 1.29 is 14.3 Å². The molecule has 0 bridgehead atoms. The number of nitrogens with zero attached hydrogens (tertiary/aromatic N) is 4. The molecule has 0 N–H and O–H groups in total. The number of esters is 1. The van der Waals surface area contributed by atoms with Gasteiger partial charge in [-0.2, -0.15) is 0 Å². The maximum absolute atomic E-state index is 11.7. The standard InChI is InChI=1S/C18H20N4O3/c1-3-25-18(23)16-10-22(13-20-16)15-6-4-5-14(9-15)11-24-12-17-19-7-8-21(17)2/h4-10,13H,3,11-12H2,1-2H3. The van der Waals surface area contributed by atoms with E-state index in [1.165, 1.54) is 0 Å². The largest absolute Gasteiger partial charge is 0.461 e. The van der Waals surface area contributed by atoms with Crippen LogP contribution in [-0.2, 0) is 29.7 Å². The van der Waals surface area contributed by atoms with Gasteiger partial charge in [-0.05, 0) is 24.6 Å². The van der Waals surface area contributed by atoms with Crippen molar-refractivity contribution in [1.29, 1.82) is 0 Å². The summed E-state index contributed by atoms with van der Waals surface area (Å²) in [5, 5.41) is 0. The van der Waals surface area contributed by atoms with E-state index in [-0.39, 0.29) is 0 Å². The number of carbonyl (C=O) groups is 1. The summed E-state index contributed by atoms with van der Waals surface area (Å²) in [6, 6.07) is 7.87. The fourth-order valence-corrected chi connectivity index (χ4v) is 2.38. The molecule has 0 radical (unpaired) electrons. The number of benzene rings is 1. The predicted molar refractivity (Wildman–Crippen MR) is 91.2 cm³/mol. The first-order valence-corrected chi connectivity index (χ1v) is 8.01. The van der Waals surface area contributed by atoms with Crippen molar-refractivity contribution in [2.45, 2.75) is 20.1 Å². The van der Waals surface area contributed by atoms with E-state index < -0.39 is 5.97 Å². The highest BCUT2D eigenvalue weighted by Crippen LogP contribution is 2.13. The number of rotatable bonds is 7. The van der Waals surface area contributed by atoms with Crippen LogP contribution < -0.4 is 0 Å². The molecule has 0 amide bonds. The molecule has 25 heavy (non-hydrogen) atoms. The minimum atomic E-state index is -0.421. The van der Waals surface area contributed by atoms with Gasteiger partial charge in [-0.1, -0.05) is 12.1 Å². The summed E-state index contributed by atoms with van der Waals surface area (Å²) in [6.07, 6.45) is 6.89. The summed E-state index contributed by atoms with van der Waals surface area (Å²) < 4.78 is 14.4. The smallest absolute Gasteiger partial charge is 0.358 e. The Morgan fingerprint density at radius 1 is 1.24 bits per heavy atom. The van der Waals surface area contributed by atoms with Crippen LogP contribution in [0.3, 0.4) is 0 Å². The summed E-state index contributed by atoms with van der Waals surface area (Å²) >= 11 is 0. The van der Waals surface area contributed by atoms with Crippen LogP contribution in [-0.4, -0.2) is 31.7 Å². The third-order valence-corrected chi connectivity index (χ3v) is 3.70. The summed E-state index contributed by atoms with van der Waals surface area (Å²) in [5.74, 6) is 0.459. The van der Waals surface area contributed by atoms with E-state index in [1.54, 1.807) is 30.2 Å². The molecule has 3 rings (SSSR count). The highest BCUT2D eigenvalue weighted by atomic mass is 16.5. The van der Waals surface area contributed by atoms with Gasteiger partial charge < -0.3 is 18.6 Å². The zero-order valence-corrected chi connectivity index (χ0v) is 14.3. The van der Waals surface area contributed by atoms with Crippen LogP contribution in [0.25, 0.3) is 5.69 Å². The summed E-state index contributed by atoms with van der Waals surface area (Å²) in [5.41, 5.74) is 2.22. The van der Waals surface area contributed by atoms with Crippen LogP contribution in [0.4, 0.5) is 0 Å². The van der Waals surface area contributed by atoms with Gasteiger partial charge in [-0.3, -0.25) is 0 Å². The molecule has 0 aliphatic carbocycles. The quantitative estimate of drug-likeness (QED) is 0.618. The Morgan fingerprint density at radius 2 is 2.12 bits per heavy atom. The second-order valence-electron chi connectivity index (χ2n) is 5.50. The third-order valence-electron chi connectivity index (χ3n) is 3.70. The molecule has 7 heteroatoms. The number of carbonyl (C=O) groups excluding carboxylic acids is 1. The molecule has 7 nitrogen and oxygen atoms in total. The van der Waals surface area contributed by atoms with Gasteiger partial charge >= 0.3 is 5.97 Å². The molecule has 0 unspecified atom stereocenters. The molecule has 0 aliphatic rings. The molecule has 1 aromatic carbocycles. The molecule has 0 atom stereocenters. The fourth-order valence-electron chi connectivity index (χ4n) is 2.38. The first-order chi connectivity index (χ1) is 12.2. The maximum atomic E-state index is 11.7. The summed E-state index contributed by atoms with van der Waals surface area (Å²) in [7, 11) is 1.94. The van der Waals surface area contributed by atoms with E-state index in [1.807, 2.05) is 42.1 Å². The highest BCUT2D eigenvalue weighted by molar-refractivity contribution is 5.87. The third kappa shape index (κ3) is 4.13. The number of aryl methyl sites for hydroxylation is 1. The zero-order chi connectivity index (χ0) is 17.6. The van der Waals surface area contributed by atoms with Crippen molar-refractivity contribution in [1.82, 2.24) is 19.1 Å². The van der Waals surface area contributed by atoms with E-state index in [0.717, 1.165) is 17.1 Å². The topological polar surface area (TPSA) is 71.2 Å². The minimum Gasteiger partial charge on any atom is -0.461 e. The van der Waals surface area contributed by atoms with Gasteiger partial charge in [0.1, 0.15) is 18.8 Å². The Bertz CT molecular complexity index is 853. The van der Waals surface area contributed by atoms with Gasteiger partial charge in [0.15, 0.2) is 5.69 Å². The monoisotopic (exact) mass is 340 g/mol. The first-order valence-electron chi connectivity index (χ1n) is 8.01. The number of hydrogen-bond acceptors (Lipinski definition) is 5. The second-order valence-corrected chi connectivity index (χ2v) is 5.50. The Morgan fingerprint density at radius 3 is 2.88 bits per heavy atom. The molecule has 0 spiro atoms. The van der Waals surface area contributed by atoms with Crippen LogP contribution in [0, 0.1) is 0 Å². The second kappa shape index (κ2) is 7.76. The van der Waals surface area contributed by atoms with E-state index in [0.29, 0.717) is 25.5 Å². The van der Waals surface area contributed by atoms with Crippen molar-refractivity contribution in [3.05, 3.63) is 66.3 Å². The van der Waals surface area contributed by atoms with Gasteiger partial charge in [-0.15, -0.1) is 0 Å². The Kier molecular flexibility index (Phi) is 5.25. The number of imidazole rings is 2. The van der Waals surface area contributed by atoms with E-state index in [2.05, 4.69) is 9.97 Å². The van der Waals surface area contributed by atoms with Crippen molar-refractivity contribution in [2.75, 3.05) is 6.61 Å². The van der Waals surface area contributed by atoms with Gasteiger partial charge in [0, 0.05) is 31.3 Å². The van der Waals surface area contributed by atoms with Crippen LogP contribution in [0.5, 0.6) is 0 Å². The maximum Gasteiger partial charge on any atom is 0.358 e. The SMILES string of the molecule is CCOC(=O)c1cn(-c2cccc(COCc3nccn3C)c2)cn1. The molecule has 0 aliphatic heterocycles. The lowest BCUT2D eigenvalue weighted by molar-refractivity contribution is 0.0520. The average molecular weight is 340 g/mol. The normalized spacial score (nSPS) is 10.8. The molecule has 3 aromatic rings. The Labute approximate surface area is 145 Å². The van der Waals surface area contributed by atoms with E-state index in [9.17, 15) is 4.79 Å². The van der Waals surface area contributed by atoms with E-state index >= 15 is 0 Å². The molecule has 0 saturated carbocycles. The molecule has 0 saturated heterocycles. The molecule has 0 fully saturated rings. The van der Waals surface area contributed by atoms with Gasteiger partial charge in [0.2, 0.25) is 0 Å². The van der Waals surface area contributed by atoms with Gasteiger partial charge in [0.05, 0.1) is 13.2 Å². The van der Waals surface area contributed by atoms with Crippen molar-refractivity contribution in [2.24, 2.45) is 7.05 Å². The molecular weight excluding hydrogens is 320 g/mol. The van der Waals surface area contributed by atoms with E-state index in [4.69, 9.17) is 9.47 Å². The van der Waals surface area contributed by atoms with Gasteiger partial charge in [-0.25, -0.2) is 14.8 Å². The van der Waals surface area contributed by atoms with Crippen LogP contribution in [0.15, 0.2) is 49.2 Å². The average Bonchev–Trinajstić information content (AvgIpc) is 3.25. The molecule has 130 valence electrons. The predicted octanol–water partition coefficient (Wildman–Crippen LogP) is 2.50. The lowest BCUT2D eigenvalue weighted by Gasteiger charge is -2.07. The molecule has 2 heterocycles. The Hall–Kier alpha value is -2.93. The van der Waals surface area contributed by atoms with Crippen LogP contribution >= 0.6 is 0 Å². The lowest BCUT2D eigenvalue weighted by atomic mass is 10.2. The minimum absolute atomic E-state index is 0.290. The first kappa shape index (κ1) is 16.9. The van der Waals surface area contributed by atoms with Gasteiger partial charge in [0.25, 0.3) is 0 Å². The number of ether oxygens (including phenoxy) is 2. The Balaban J connectivity index is 1.65. The van der Waals surface area contributed by atoms with Crippen LogP contribution in [0.2, 0.25) is 0 Å². The fraction of sp³-hybridized carbons (Fsp3) is 0.278. The zero-order valence-electron chi connectivity index (χ0n) is 14.3. The molecule has 2 aromatic heterocycles. The molecular formula is C18H20N4O3.